The maximum atomic E-state index is 12.1. The Balaban J connectivity index is 1.54. The molecular weight excluding hydrogens is 592 g/mol. The monoisotopic (exact) mass is 654 g/mol. The van der Waals surface area contributed by atoms with E-state index in [1.807, 2.05) is 6.08 Å². The van der Waals surface area contributed by atoms with E-state index in [4.69, 9.17) is 9.47 Å². The van der Waals surface area contributed by atoms with Crippen molar-refractivity contribution in [1.29, 1.82) is 0 Å². The Bertz CT molecular complexity index is 1130. The summed E-state index contributed by atoms with van der Waals surface area (Å²) in [5, 5.41) is 87.3. The zero-order chi connectivity index (χ0) is 34.4. The van der Waals surface area contributed by atoms with Gasteiger partial charge in [0.15, 0.2) is 6.29 Å². The van der Waals surface area contributed by atoms with Crippen molar-refractivity contribution < 1.29 is 50.3 Å². The van der Waals surface area contributed by atoms with Gasteiger partial charge in [-0.3, -0.25) is 0 Å². The van der Waals surface area contributed by atoms with Gasteiger partial charge in [-0.1, -0.05) is 46.8 Å². The first-order valence-corrected chi connectivity index (χ1v) is 17.5. The van der Waals surface area contributed by atoms with Crippen molar-refractivity contribution in [3.63, 3.8) is 0 Å². The van der Waals surface area contributed by atoms with Crippen molar-refractivity contribution in [2.75, 3.05) is 6.61 Å². The Labute approximate surface area is 274 Å². The molecule has 1 heterocycles. The van der Waals surface area contributed by atoms with Gasteiger partial charge in [-0.05, 0) is 111 Å². The van der Waals surface area contributed by atoms with Crippen LogP contribution in [0, 0.1) is 45.3 Å². The van der Waals surface area contributed by atoms with Gasteiger partial charge in [0.25, 0.3) is 0 Å². The highest BCUT2D eigenvalue weighted by Crippen LogP contribution is 2.76. The predicted molar refractivity (Wildman–Crippen MR) is 171 cm³/mol. The highest BCUT2D eigenvalue weighted by molar-refractivity contribution is 5.23. The molecule has 0 unspecified atom stereocenters. The van der Waals surface area contributed by atoms with Crippen LogP contribution in [-0.2, 0) is 9.47 Å². The quantitative estimate of drug-likeness (QED) is 0.150. The average molecular weight is 655 g/mol. The molecule has 10 heteroatoms. The fourth-order valence-electron chi connectivity index (χ4n) is 11.7. The highest BCUT2D eigenvalue weighted by Gasteiger charge is 2.73. The van der Waals surface area contributed by atoms with Crippen LogP contribution in [0.5, 0.6) is 0 Å². The van der Waals surface area contributed by atoms with Gasteiger partial charge < -0.3 is 50.3 Å². The van der Waals surface area contributed by atoms with Gasteiger partial charge in [-0.2, -0.15) is 0 Å². The van der Waals surface area contributed by atoms with E-state index in [9.17, 15) is 40.9 Å². The van der Waals surface area contributed by atoms with Crippen molar-refractivity contribution in [1.82, 2.24) is 0 Å². The second-order valence-corrected chi connectivity index (χ2v) is 17.9. The molecule has 4 aliphatic carbocycles. The van der Waals surface area contributed by atoms with Gasteiger partial charge >= 0.3 is 0 Å². The molecule has 16 atom stereocenters. The van der Waals surface area contributed by atoms with Crippen LogP contribution >= 0.6 is 0 Å². The molecule has 5 rings (SSSR count). The molecule has 0 radical (unpaired) electrons. The van der Waals surface area contributed by atoms with E-state index in [1.165, 1.54) is 0 Å². The largest absolute Gasteiger partial charge is 0.394 e. The first-order valence-electron chi connectivity index (χ1n) is 17.5. The minimum absolute atomic E-state index is 0.0807. The van der Waals surface area contributed by atoms with Gasteiger partial charge in [0.2, 0.25) is 0 Å². The van der Waals surface area contributed by atoms with E-state index in [-0.39, 0.29) is 39.9 Å². The van der Waals surface area contributed by atoms with Crippen LogP contribution < -0.4 is 0 Å². The van der Waals surface area contributed by atoms with Crippen LogP contribution in [0.15, 0.2) is 12.2 Å². The lowest BCUT2D eigenvalue weighted by Gasteiger charge is -2.72. The number of hydrogen-bond acceptors (Lipinski definition) is 10. The standard InChI is InChI=1S/C36H62O10/c1-31(2,43)12-9-13-36(8,44)19-10-15-34(6)25(19)20(38)16-23-33(5)14-11-24(39)32(3,4)29(33)21(17-35(23,34)7)45-30-28(42)27(41)26(40)22(18-37)46-30/h9,13,19-30,37-44H,10-12,14-18H2,1-8H3/b13-9+/t19-,20+,21-,22+,23+,24-,25-,26+,27+,28+,29-,30+,33+,34+,35+,36+/m0/s1. The summed E-state index contributed by atoms with van der Waals surface area (Å²) >= 11 is 0. The molecule has 10 nitrogen and oxygen atoms in total. The van der Waals surface area contributed by atoms with E-state index in [1.54, 1.807) is 26.8 Å². The van der Waals surface area contributed by atoms with Crippen LogP contribution in [0.1, 0.15) is 100 Å². The summed E-state index contributed by atoms with van der Waals surface area (Å²) in [4.78, 5) is 0. The molecule has 5 fully saturated rings. The third kappa shape index (κ3) is 5.64. The van der Waals surface area contributed by atoms with Crippen molar-refractivity contribution in [3.8, 4) is 0 Å². The second-order valence-electron chi connectivity index (χ2n) is 17.9. The molecule has 8 N–H and O–H groups in total. The average Bonchev–Trinajstić information content (AvgIpc) is 3.32. The molecule has 46 heavy (non-hydrogen) atoms. The smallest absolute Gasteiger partial charge is 0.186 e. The van der Waals surface area contributed by atoms with Gasteiger partial charge in [0.1, 0.15) is 24.4 Å². The molecular formula is C36H62O10. The van der Waals surface area contributed by atoms with E-state index in [0.717, 1.165) is 19.3 Å². The van der Waals surface area contributed by atoms with Gasteiger partial charge in [0, 0.05) is 0 Å². The lowest BCUT2D eigenvalue weighted by Crippen LogP contribution is -2.71. The number of hydrogen-bond donors (Lipinski definition) is 8. The Kier molecular flexibility index (Phi) is 9.55. The first kappa shape index (κ1) is 36.6. The van der Waals surface area contributed by atoms with Gasteiger partial charge in [-0.15, -0.1) is 0 Å². The molecule has 1 saturated heterocycles. The number of ether oxygens (including phenoxy) is 2. The van der Waals surface area contributed by atoms with Crippen LogP contribution in [0.2, 0.25) is 0 Å². The Morgan fingerprint density at radius 2 is 1.52 bits per heavy atom. The topological polar surface area (TPSA) is 180 Å². The molecule has 0 aromatic heterocycles. The van der Waals surface area contributed by atoms with E-state index in [0.29, 0.717) is 25.7 Å². The summed E-state index contributed by atoms with van der Waals surface area (Å²) in [5.74, 6) is -0.516. The lowest BCUT2D eigenvalue weighted by molar-refractivity contribution is -0.346. The molecule has 4 saturated carbocycles. The Hall–Kier alpha value is -0.660. The minimum atomic E-state index is -1.56. The molecule has 1 aliphatic heterocycles. The van der Waals surface area contributed by atoms with Crippen molar-refractivity contribution in [2.45, 2.75) is 161 Å². The SMILES string of the molecule is CC(C)(O)C/C=C/[C@@](C)(O)[C@H]1CC[C@]2(C)[C@@H]1[C@H](O)C[C@@H]1[C@@]3(C)CC[C@H](O)C(C)(C)[C@@H]3[C@@H](O[C@@H]3O[C@H](CO)[C@@H](O)[C@@H](O)[C@H]3O)C[C@]12C. The second kappa shape index (κ2) is 12.0. The number of aliphatic hydroxyl groups is 8. The van der Waals surface area contributed by atoms with Crippen LogP contribution in [0.4, 0.5) is 0 Å². The molecule has 266 valence electrons. The minimum Gasteiger partial charge on any atom is -0.394 e. The summed E-state index contributed by atoms with van der Waals surface area (Å²) < 4.78 is 12.6. The molecule has 0 bridgehead atoms. The maximum Gasteiger partial charge on any atom is 0.186 e. The predicted octanol–water partition coefficient (Wildman–Crippen LogP) is 2.27. The van der Waals surface area contributed by atoms with Crippen molar-refractivity contribution in [3.05, 3.63) is 12.2 Å². The number of fused-ring (bicyclic) bond motifs is 5. The zero-order valence-electron chi connectivity index (χ0n) is 29.1. The molecule has 0 amide bonds. The summed E-state index contributed by atoms with van der Waals surface area (Å²) in [6.45, 7) is 15.6. The van der Waals surface area contributed by atoms with Crippen LogP contribution in [0.3, 0.4) is 0 Å². The third-order valence-electron chi connectivity index (χ3n) is 14.2. The van der Waals surface area contributed by atoms with Gasteiger partial charge in [-0.25, -0.2) is 0 Å². The summed E-state index contributed by atoms with van der Waals surface area (Å²) in [6.07, 6.45) is -0.744. The molecule has 0 spiro atoms. The number of aliphatic hydroxyl groups excluding tert-OH is 6. The fraction of sp³-hybridized carbons (Fsp3) is 0.944. The van der Waals surface area contributed by atoms with Crippen LogP contribution in [-0.4, -0.2) is 108 Å². The fourth-order valence-corrected chi connectivity index (χ4v) is 11.7. The number of rotatable bonds is 7. The third-order valence-corrected chi connectivity index (χ3v) is 14.2. The zero-order valence-corrected chi connectivity index (χ0v) is 29.1. The normalized spacial score (nSPS) is 52.1. The van der Waals surface area contributed by atoms with Crippen molar-refractivity contribution in [2.24, 2.45) is 45.3 Å². The first-order chi connectivity index (χ1) is 21.0. The summed E-state index contributed by atoms with van der Waals surface area (Å²) in [5.41, 5.74) is -3.80. The Morgan fingerprint density at radius 3 is 2.13 bits per heavy atom. The molecule has 0 aromatic carbocycles. The van der Waals surface area contributed by atoms with Crippen molar-refractivity contribution >= 4 is 0 Å². The molecule has 0 aromatic rings. The van der Waals surface area contributed by atoms with E-state index >= 15 is 0 Å². The maximum absolute atomic E-state index is 12.1. The molecule has 5 aliphatic rings. The van der Waals surface area contributed by atoms with E-state index in [2.05, 4.69) is 34.6 Å². The summed E-state index contributed by atoms with van der Waals surface area (Å²) in [6, 6.07) is 0. The Morgan fingerprint density at radius 1 is 0.870 bits per heavy atom. The van der Waals surface area contributed by atoms with E-state index < -0.39 is 72.2 Å². The van der Waals surface area contributed by atoms with Gasteiger partial charge in [0.05, 0.1) is 36.1 Å². The summed E-state index contributed by atoms with van der Waals surface area (Å²) in [7, 11) is 0. The lowest BCUT2D eigenvalue weighted by atomic mass is 9.34. The highest BCUT2D eigenvalue weighted by atomic mass is 16.7. The van der Waals surface area contributed by atoms with Crippen LogP contribution in [0.25, 0.3) is 0 Å².